The number of halogens is 1. The zero-order valence-electron chi connectivity index (χ0n) is 13.5. The number of carbonyl (C=O) groups excluding carboxylic acids is 2. The number of rotatable bonds is 6. The lowest BCUT2D eigenvalue weighted by atomic mass is 9.99. The van der Waals surface area contributed by atoms with E-state index in [1.54, 1.807) is 12.2 Å². The molecule has 0 unspecified atom stereocenters. The topological polar surface area (TPSA) is 46.6 Å². The van der Waals surface area contributed by atoms with Gasteiger partial charge < -0.3 is 4.74 Å². The van der Waals surface area contributed by atoms with Gasteiger partial charge in [0.1, 0.15) is 6.61 Å². The Balaban J connectivity index is 2.12. The van der Waals surface area contributed by atoms with Crippen LogP contribution in [-0.2, 0) is 16.0 Å². The van der Waals surface area contributed by atoms with Crippen LogP contribution in [0, 0.1) is 0 Å². The van der Waals surface area contributed by atoms with Crippen molar-refractivity contribution in [2.45, 2.75) is 44.8 Å². The van der Waals surface area contributed by atoms with Gasteiger partial charge in [-0.15, -0.1) is 0 Å². The molecule has 2 rings (SSSR count). The zero-order chi connectivity index (χ0) is 16.9. The molecule has 1 aromatic rings. The predicted octanol–water partition coefficient (Wildman–Crippen LogP) is 3.66. The van der Waals surface area contributed by atoms with Crippen LogP contribution in [0.15, 0.2) is 42.5 Å². The van der Waals surface area contributed by atoms with Gasteiger partial charge in [0, 0.05) is 6.42 Å². The minimum Gasteiger partial charge on any atom is -0.447 e. The molecule has 1 heterocycles. The number of allylic oxidation sites excluding steroid dienone is 2. The lowest BCUT2D eigenvalue weighted by molar-refractivity contribution is -0.140. The smallest absolute Gasteiger partial charge is 0.417 e. The molecular formula is C18H22FNO3. The van der Waals surface area contributed by atoms with Crippen molar-refractivity contribution in [1.29, 1.82) is 0 Å². The Hall–Kier alpha value is -2.17. The first-order valence-corrected chi connectivity index (χ1v) is 7.84. The van der Waals surface area contributed by atoms with Gasteiger partial charge in [-0.2, -0.15) is 0 Å². The first-order chi connectivity index (χ1) is 11.0. The summed E-state index contributed by atoms with van der Waals surface area (Å²) in [5.41, 5.74) is -1.15. The summed E-state index contributed by atoms with van der Waals surface area (Å²) in [7, 11) is 0. The van der Waals surface area contributed by atoms with E-state index in [-0.39, 0.29) is 13.0 Å². The number of ether oxygens (including phenoxy) is 1. The Morgan fingerprint density at radius 2 is 2.09 bits per heavy atom. The molecule has 124 valence electrons. The van der Waals surface area contributed by atoms with E-state index in [1.165, 1.54) is 6.92 Å². The minimum atomic E-state index is -2.12. The third kappa shape index (κ3) is 4.18. The Labute approximate surface area is 135 Å². The average Bonchev–Trinajstić information content (AvgIpc) is 2.88. The van der Waals surface area contributed by atoms with Gasteiger partial charge in [-0.05, 0) is 25.3 Å². The van der Waals surface area contributed by atoms with E-state index in [2.05, 4.69) is 0 Å². The van der Waals surface area contributed by atoms with Crippen LogP contribution in [0.1, 0.15) is 32.3 Å². The number of alkyl halides is 1. The van der Waals surface area contributed by atoms with Gasteiger partial charge in [0.25, 0.3) is 5.91 Å². The molecule has 0 spiro atoms. The van der Waals surface area contributed by atoms with E-state index in [0.717, 1.165) is 16.9 Å². The fraction of sp³-hybridized carbons (Fsp3) is 0.444. The Morgan fingerprint density at radius 3 is 2.74 bits per heavy atom. The lowest BCUT2D eigenvalue weighted by Gasteiger charge is -2.26. The van der Waals surface area contributed by atoms with Gasteiger partial charge in [0.15, 0.2) is 5.67 Å². The number of benzene rings is 1. The molecule has 5 heteroatoms. The van der Waals surface area contributed by atoms with Crippen LogP contribution in [0.3, 0.4) is 0 Å². The third-order valence-corrected chi connectivity index (χ3v) is 3.84. The van der Waals surface area contributed by atoms with Gasteiger partial charge in [0.2, 0.25) is 0 Å². The summed E-state index contributed by atoms with van der Waals surface area (Å²) in [6.45, 7) is 3.24. The summed E-state index contributed by atoms with van der Waals surface area (Å²) in [4.78, 5) is 25.3. The van der Waals surface area contributed by atoms with Crippen molar-refractivity contribution in [2.24, 2.45) is 0 Å². The largest absolute Gasteiger partial charge is 0.447 e. The number of nitrogens with zero attached hydrogens (tertiary/aromatic N) is 1. The summed E-state index contributed by atoms with van der Waals surface area (Å²) in [5, 5.41) is 0. The molecule has 1 fully saturated rings. The quantitative estimate of drug-likeness (QED) is 0.752. The highest BCUT2D eigenvalue weighted by Gasteiger charge is 2.46. The fourth-order valence-corrected chi connectivity index (χ4v) is 2.56. The standard InChI is InChI=1S/C18H22FNO3/c1-3-4-8-11-18(2,19)16(21)20-15(13-23-17(20)22)12-14-9-6-5-7-10-14/h4-10,15H,3,11-13H2,1-2H3/b8-4+/t15-,18+/m0/s1. The van der Waals surface area contributed by atoms with E-state index >= 15 is 0 Å². The summed E-state index contributed by atoms with van der Waals surface area (Å²) in [5.74, 6) is -0.832. The molecule has 1 aromatic carbocycles. The zero-order valence-corrected chi connectivity index (χ0v) is 13.5. The molecule has 0 aliphatic carbocycles. The molecule has 4 nitrogen and oxygen atoms in total. The second kappa shape index (κ2) is 7.40. The van der Waals surface area contributed by atoms with Crippen molar-refractivity contribution in [3.8, 4) is 0 Å². The summed E-state index contributed by atoms with van der Waals surface area (Å²) in [6, 6.07) is 9.00. The Kier molecular flexibility index (Phi) is 5.53. The van der Waals surface area contributed by atoms with E-state index in [0.29, 0.717) is 6.42 Å². The van der Waals surface area contributed by atoms with E-state index in [9.17, 15) is 14.0 Å². The second-order valence-corrected chi connectivity index (χ2v) is 5.88. The number of hydrogen-bond donors (Lipinski definition) is 0. The molecule has 1 saturated heterocycles. The monoisotopic (exact) mass is 319 g/mol. The van der Waals surface area contributed by atoms with Crippen LogP contribution in [0.4, 0.5) is 9.18 Å². The van der Waals surface area contributed by atoms with Crippen LogP contribution in [0.5, 0.6) is 0 Å². The molecule has 2 atom stereocenters. The number of carbonyl (C=O) groups is 2. The lowest BCUT2D eigenvalue weighted by Crippen LogP contribution is -2.49. The van der Waals surface area contributed by atoms with Crippen LogP contribution in [0.25, 0.3) is 0 Å². The van der Waals surface area contributed by atoms with Gasteiger partial charge >= 0.3 is 6.09 Å². The predicted molar refractivity (Wildman–Crippen MR) is 85.7 cm³/mol. The normalized spacial score (nSPS) is 20.6. The van der Waals surface area contributed by atoms with E-state index in [4.69, 9.17) is 4.74 Å². The average molecular weight is 319 g/mol. The van der Waals surface area contributed by atoms with Gasteiger partial charge in [-0.3, -0.25) is 4.79 Å². The molecule has 0 bridgehead atoms. The molecule has 0 aromatic heterocycles. The Morgan fingerprint density at radius 1 is 1.39 bits per heavy atom. The first-order valence-electron chi connectivity index (χ1n) is 7.84. The van der Waals surface area contributed by atoms with E-state index < -0.39 is 23.7 Å². The number of imide groups is 1. The van der Waals surface area contributed by atoms with Crippen molar-refractivity contribution >= 4 is 12.0 Å². The highest BCUT2D eigenvalue weighted by Crippen LogP contribution is 2.26. The second-order valence-electron chi connectivity index (χ2n) is 5.88. The van der Waals surface area contributed by atoms with Crippen molar-refractivity contribution in [1.82, 2.24) is 4.90 Å². The molecule has 0 N–H and O–H groups in total. The minimum absolute atomic E-state index is 0.0541. The molecule has 1 aliphatic rings. The maximum atomic E-state index is 14.7. The van der Waals surface area contributed by atoms with Crippen LogP contribution in [0.2, 0.25) is 0 Å². The van der Waals surface area contributed by atoms with Crippen molar-refractivity contribution in [3.05, 3.63) is 48.0 Å². The number of cyclic esters (lactones) is 1. The van der Waals surface area contributed by atoms with Crippen LogP contribution in [-0.4, -0.2) is 35.2 Å². The number of hydrogen-bond acceptors (Lipinski definition) is 3. The summed E-state index contributed by atoms with van der Waals surface area (Å²) < 4.78 is 19.7. The maximum absolute atomic E-state index is 14.7. The fourth-order valence-electron chi connectivity index (χ4n) is 2.56. The van der Waals surface area contributed by atoms with Crippen molar-refractivity contribution in [3.63, 3.8) is 0 Å². The van der Waals surface area contributed by atoms with Crippen molar-refractivity contribution < 1.29 is 18.7 Å². The molecule has 0 saturated carbocycles. The highest BCUT2D eigenvalue weighted by molar-refractivity contribution is 5.98. The first kappa shape index (κ1) is 17.2. The van der Waals surface area contributed by atoms with Gasteiger partial charge in [0.05, 0.1) is 6.04 Å². The molecule has 0 radical (unpaired) electrons. The molecule has 1 aliphatic heterocycles. The van der Waals surface area contributed by atoms with Gasteiger partial charge in [-0.25, -0.2) is 14.1 Å². The SMILES string of the molecule is CC/C=C/C[C@@](C)(F)C(=O)N1C(=O)OC[C@@H]1Cc1ccccc1. The maximum Gasteiger partial charge on any atom is 0.417 e. The molecule has 23 heavy (non-hydrogen) atoms. The molecular weight excluding hydrogens is 297 g/mol. The van der Waals surface area contributed by atoms with Crippen LogP contribution >= 0.6 is 0 Å². The molecule has 2 amide bonds. The van der Waals surface area contributed by atoms with E-state index in [1.807, 2.05) is 37.3 Å². The Bertz CT molecular complexity index is 583. The van der Waals surface area contributed by atoms with Crippen molar-refractivity contribution in [2.75, 3.05) is 6.61 Å². The van der Waals surface area contributed by atoms with Crippen LogP contribution < -0.4 is 0 Å². The van der Waals surface area contributed by atoms with Gasteiger partial charge in [-0.1, -0.05) is 49.4 Å². The summed E-state index contributed by atoms with van der Waals surface area (Å²) >= 11 is 0. The summed E-state index contributed by atoms with van der Waals surface area (Å²) in [6.07, 6.45) is 3.84. The highest BCUT2D eigenvalue weighted by atomic mass is 19.1. The number of amides is 2. The third-order valence-electron chi connectivity index (χ3n) is 3.84.